The molecule has 6 nitrogen and oxygen atoms in total. The van der Waals surface area contributed by atoms with Gasteiger partial charge in [-0.05, 0) is 40.9 Å². The minimum Gasteiger partial charge on any atom is -0.355 e. The van der Waals surface area contributed by atoms with Crippen LogP contribution in [0.15, 0.2) is 58.1 Å². The van der Waals surface area contributed by atoms with Gasteiger partial charge in [-0.1, -0.05) is 18.2 Å². The number of para-hydroxylation sites is 1. The number of nitrogens with zero attached hydrogens (tertiary/aromatic N) is 3. The summed E-state index contributed by atoms with van der Waals surface area (Å²) in [6.45, 7) is 0.699. The Morgan fingerprint density at radius 2 is 2.08 bits per heavy atom. The third-order valence-corrected chi connectivity index (χ3v) is 4.46. The first-order valence-electron chi connectivity index (χ1n) is 7.60. The van der Waals surface area contributed by atoms with Gasteiger partial charge in [0.1, 0.15) is 5.39 Å². The predicted molar refractivity (Wildman–Crippen MR) is 96.0 cm³/mol. The van der Waals surface area contributed by atoms with Gasteiger partial charge in [-0.25, -0.2) is 4.68 Å². The van der Waals surface area contributed by atoms with Gasteiger partial charge in [0.2, 0.25) is 5.95 Å². The average molecular weight is 337 g/mol. The second kappa shape index (κ2) is 6.29. The number of nitrogens with one attached hydrogen (secondary N) is 2. The minimum absolute atomic E-state index is 0.194. The van der Waals surface area contributed by atoms with Crippen LogP contribution in [0.25, 0.3) is 16.7 Å². The number of benzene rings is 1. The molecule has 0 amide bonds. The van der Waals surface area contributed by atoms with E-state index in [0.717, 1.165) is 12.1 Å². The van der Waals surface area contributed by atoms with Crippen molar-refractivity contribution in [1.82, 2.24) is 19.7 Å². The van der Waals surface area contributed by atoms with Crippen molar-refractivity contribution in [2.45, 2.75) is 6.42 Å². The molecule has 24 heavy (non-hydrogen) atoms. The third-order valence-electron chi connectivity index (χ3n) is 3.73. The number of aromatic nitrogens is 4. The molecule has 1 aromatic carbocycles. The van der Waals surface area contributed by atoms with Crippen LogP contribution in [0.4, 0.5) is 5.95 Å². The van der Waals surface area contributed by atoms with Crippen molar-refractivity contribution >= 4 is 28.3 Å². The van der Waals surface area contributed by atoms with Gasteiger partial charge in [-0.2, -0.15) is 21.4 Å². The molecular weight excluding hydrogens is 322 g/mol. The molecule has 0 fully saturated rings. The number of fused-ring (bicyclic) bond motifs is 1. The summed E-state index contributed by atoms with van der Waals surface area (Å²) < 4.78 is 1.68. The number of hydrogen-bond acceptors (Lipinski definition) is 5. The maximum absolute atomic E-state index is 12.2. The van der Waals surface area contributed by atoms with Crippen LogP contribution >= 0.6 is 11.3 Å². The summed E-state index contributed by atoms with van der Waals surface area (Å²) in [5.41, 5.74) is 2.49. The lowest BCUT2D eigenvalue weighted by atomic mass is 10.2. The highest BCUT2D eigenvalue weighted by atomic mass is 32.1. The molecular formula is C17H15N5OS. The average Bonchev–Trinajstić information content (AvgIpc) is 3.25. The molecule has 0 saturated carbocycles. The summed E-state index contributed by atoms with van der Waals surface area (Å²) >= 11 is 1.68. The second-order valence-electron chi connectivity index (χ2n) is 5.35. The Bertz CT molecular complexity index is 1000. The van der Waals surface area contributed by atoms with Gasteiger partial charge in [0, 0.05) is 6.54 Å². The van der Waals surface area contributed by atoms with E-state index in [9.17, 15) is 4.79 Å². The lowest BCUT2D eigenvalue weighted by Gasteiger charge is -2.06. The first-order valence-corrected chi connectivity index (χ1v) is 8.54. The molecule has 4 rings (SSSR count). The Labute approximate surface area is 141 Å². The van der Waals surface area contributed by atoms with Crippen molar-refractivity contribution in [1.29, 1.82) is 0 Å². The van der Waals surface area contributed by atoms with Crippen molar-refractivity contribution < 1.29 is 0 Å². The Morgan fingerprint density at radius 3 is 2.88 bits per heavy atom. The molecule has 0 bridgehead atoms. The zero-order valence-corrected chi connectivity index (χ0v) is 13.6. The molecule has 0 saturated heterocycles. The summed E-state index contributed by atoms with van der Waals surface area (Å²) in [6.07, 6.45) is 2.42. The van der Waals surface area contributed by atoms with Crippen LogP contribution in [0, 0.1) is 0 Å². The van der Waals surface area contributed by atoms with Crippen LogP contribution < -0.4 is 10.9 Å². The van der Waals surface area contributed by atoms with Crippen LogP contribution in [-0.4, -0.2) is 26.3 Å². The van der Waals surface area contributed by atoms with Crippen molar-refractivity contribution in [2.24, 2.45) is 0 Å². The van der Waals surface area contributed by atoms with Gasteiger partial charge in [0.05, 0.1) is 11.9 Å². The molecule has 2 N–H and O–H groups in total. The van der Waals surface area contributed by atoms with Gasteiger partial charge < -0.3 is 5.32 Å². The van der Waals surface area contributed by atoms with Crippen LogP contribution in [0.2, 0.25) is 0 Å². The molecule has 3 aromatic heterocycles. The molecule has 3 heterocycles. The van der Waals surface area contributed by atoms with E-state index in [1.165, 1.54) is 5.56 Å². The quantitative estimate of drug-likeness (QED) is 0.587. The molecule has 4 aromatic rings. The zero-order chi connectivity index (χ0) is 16.4. The molecule has 0 spiro atoms. The molecule has 0 atom stereocenters. The smallest absolute Gasteiger partial charge is 0.263 e. The highest BCUT2D eigenvalue weighted by Crippen LogP contribution is 2.14. The summed E-state index contributed by atoms with van der Waals surface area (Å²) in [6, 6.07) is 11.7. The number of H-pyrrole nitrogens is 1. The number of rotatable bonds is 5. The zero-order valence-electron chi connectivity index (χ0n) is 12.8. The number of thiophene rings is 1. The second-order valence-corrected chi connectivity index (χ2v) is 6.13. The number of aromatic amines is 1. The fraction of sp³-hybridized carbons (Fsp3) is 0.118. The molecule has 0 aliphatic rings. The van der Waals surface area contributed by atoms with E-state index in [-0.39, 0.29) is 5.56 Å². The first-order chi connectivity index (χ1) is 11.8. The van der Waals surface area contributed by atoms with Crippen molar-refractivity contribution in [3.63, 3.8) is 0 Å². The molecule has 7 heteroatoms. The third kappa shape index (κ3) is 2.81. The number of anilines is 1. The summed E-state index contributed by atoms with van der Waals surface area (Å²) in [7, 11) is 0. The first kappa shape index (κ1) is 14.6. The van der Waals surface area contributed by atoms with Crippen molar-refractivity contribution in [3.05, 3.63) is 69.3 Å². The summed E-state index contributed by atoms with van der Waals surface area (Å²) in [5.74, 6) is 0.459. The van der Waals surface area contributed by atoms with Crippen LogP contribution in [0.5, 0.6) is 0 Å². The topological polar surface area (TPSA) is 75.6 Å². The summed E-state index contributed by atoms with van der Waals surface area (Å²) in [4.78, 5) is 19.5. The van der Waals surface area contributed by atoms with Crippen molar-refractivity contribution in [2.75, 3.05) is 11.9 Å². The number of hydrogen-bond donors (Lipinski definition) is 2. The van der Waals surface area contributed by atoms with Gasteiger partial charge >= 0.3 is 0 Å². The Kier molecular flexibility index (Phi) is 3.84. The SMILES string of the molecule is O=c1[nH]c(NCCc2ccsc2)nc2c1cnn2-c1ccccc1. The van der Waals surface area contributed by atoms with Gasteiger partial charge in [0.15, 0.2) is 5.65 Å². The standard InChI is InChI=1S/C17H15N5OS/c23-16-14-10-19-22(13-4-2-1-3-5-13)15(14)20-17(21-16)18-8-6-12-7-9-24-11-12/h1-5,7,9-11H,6,8H2,(H2,18,20,21,23). The Morgan fingerprint density at radius 1 is 1.21 bits per heavy atom. The van der Waals surface area contributed by atoms with Crippen molar-refractivity contribution in [3.8, 4) is 5.69 Å². The van der Waals surface area contributed by atoms with E-state index in [2.05, 4.69) is 37.2 Å². The normalized spacial score (nSPS) is 11.0. The predicted octanol–water partition coefficient (Wildman–Crippen LogP) is 2.82. The van der Waals surface area contributed by atoms with E-state index in [4.69, 9.17) is 0 Å². The van der Waals surface area contributed by atoms with E-state index in [1.54, 1.807) is 22.2 Å². The molecule has 0 aliphatic carbocycles. The van der Waals surface area contributed by atoms with Crippen LogP contribution in [0.3, 0.4) is 0 Å². The largest absolute Gasteiger partial charge is 0.355 e. The van der Waals surface area contributed by atoms with Gasteiger partial charge in [-0.3, -0.25) is 9.78 Å². The lowest BCUT2D eigenvalue weighted by Crippen LogP contribution is -2.15. The fourth-order valence-corrected chi connectivity index (χ4v) is 3.22. The van der Waals surface area contributed by atoms with Gasteiger partial charge in [-0.15, -0.1) is 0 Å². The highest BCUT2D eigenvalue weighted by molar-refractivity contribution is 7.07. The van der Waals surface area contributed by atoms with E-state index in [0.29, 0.717) is 23.5 Å². The molecule has 0 unspecified atom stereocenters. The van der Waals surface area contributed by atoms with Gasteiger partial charge in [0.25, 0.3) is 5.56 Å². The summed E-state index contributed by atoms with van der Waals surface area (Å²) in [5, 5.41) is 12.1. The van der Waals surface area contributed by atoms with E-state index < -0.39 is 0 Å². The van der Waals surface area contributed by atoms with E-state index in [1.807, 2.05) is 30.3 Å². The minimum atomic E-state index is -0.194. The fourth-order valence-electron chi connectivity index (χ4n) is 2.52. The van der Waals surface area contributed by atoms with Crippen LogP contribution in [-0.2, 0) is 6.42 Å². The molecule has 0 radical (unpaired) electrons. The maximum atomic E-state index is 12.2. The maximum Gasteiger partial charge on any atom is 0.263 e. The molecule has 120 valence electrons. The Balaban J connectivity index is 1.64. The Hall–Kier alpha value is -2.93. The van der Waals surface area contributed by atoms with E-state index >= 15 is 0 Å². The van der Waals surface area contributed by atoms with Crippen LogP contribution in [0.1, 0.15) is 5.56 Å². The highest BCUT2D eigenvalue weighted by Gasteiger charge is 2.11. The monoisotopic (exact) mass is 337 g/mol. The lowest BCUT2D eigenvalue weighted by molar-refractivity contribution is 0.892. The molecule has 0 aliphatic heterocycles.